The van der Waals surface area contributed by atoms with Crippen LogP contribution in [0.25, 0.3) is 0 Å². The summed E-state index contributed by atoms with van der Waals surface area (Å²) in [7, 11) is 0. The van der Waals surface area contributed by atoms with E-state index in [1.54, 1.807) is 24.3 Å². The Hall–Kier alpha value is -3.62. The van der Waals surface area contributed by atoms with Crippen molar-refractivity contribution in [3.05, 3.63) is 52.7 Å². The third kappa shape index (κ3) is 3.32. The van der Waals surface area contributed by atoms with Crippen LogP contribution in [-0.4, -0.2) is 44.8 Å². The lowest BCUT2D eigenvalue weighted by Crippen LogP contribution is -2.52. The molecule has 1 aromatic carbocycles. The van der Waals surface area contributed by atoms with Gasteiger partial charge in [0.05, 0.1) is 5.69 Å². The fourth-order valence-corrected chi connectivity index (χ4v) is 3.91. The van der Waals surface area contributed by atoms with Crippen LogP contribution in [0.5, 0.6) is 0 Å². The number of aromatic nitrogens is 2. The zero-order valence-corrected chi connectivity index (χ0v) is 16.1. The van der Waals surface area contributed by atoms with Gasteiger partial charge < -0.3 is 10.2 Å². The Morgan fingerprint density at radius 2 is 1.90 bits per heavy atom. The van der Waals surface area contributed by atoms with Crippen LogP contribution in [0.3, 0.4) is 0 Å². The van der Waals surface area contributed by atoms with Crippen molar-refractivity contribution in [1.82, 2.24) is 20.4 Å². The summed E-state index contributed by atoms with van der Waals surface area (Å²) < 4.78 is 0. The second-order valence-electron chi connectivity index (χ2n) is 7.84. The van der Waals surface area contributed by atoms with E-state index < -0.39 is 11.9 Å². The van der Waals surface area contributed by atoms with Crippen LogP contribution in [0.4, 0.5) is 5.82 Å². The summed E-state index contributed by atoms with van der Waals surface area (Å²) in [6.07, 6.45) is 2.76. The molecule has 30 heavy (non-hydrogen) atoms. The highest BCUT2D eigenvalue weighted by Gasteiger charge is 2.39. The van der Waals surface area contributed by atoms with Crippen molar-refractivity contribution < 1.29 is 19.2 Å². The minimum absolute atomic E-state index is 0.199. The number of nitrogens with one attached hydrogen (secondary N) is 2. The average Bonchev–Trinajstić information content (AvgIpc) is 3.53. The Labute approximate surface area is 171 Å². The lowest BCUT2D eigenvalue weighted by molar-refractivity contribution is -0.136. The van der Waals surface area contributed by atoms with Crippen molar-refractivity contribution in [1.29, 1.82) is 0 Å². The first-order chi connectivity index (χ1) is 14.5. The smallest absolute Gasteiger partial charge is 0.256 e. The molecule has 1 aliphatic carbocycles. The summed E-state index contributed by atoms with van der Waals surface area (Å²) in [6.45, 7) is 0.220. The van der Waals surface area contributed by atoms with Gasteiger partial charge in [-0.25, -0.2) is 0 Å². The summed E-state index contributed by atoms with van der Waals surface area (Å²) in [4.78, 5) is 50.3. The van der Waals surface area contributed by atoms with Gasteiger partial charge in [0.15, 0.2) is 5.82 Å². The number of carbonyl (C=O) groups excluding carboxylic acids is 4. The Morgan fingerprint density at radius 1 is 1.07 bits per heavy atom. The molecule has 0 spiro atoms. The molecule has 9 nitrogen and oxygen atoms in total. The molecule has 5 rings (SSSR count). The number of fused-ring (bicyclic) bond motifs is 1. The molecule has 1 atom stereocenters. The van der Waals surface area contributed by atoms with Crippen LogP contribution in [0, 0.1) is 0 Å². The summed E-state index contributed by atoms with van der Waals surface area (Å²) in [6, 6.07) is 7.76. The molecule has 3 heterocycles. The molecule has 1 saturated heterocycles. The Morgan fingerprint density at radius 3 is 2.60 bits per heavy atom. The molecule has 0 radical (unpaired) electrons. The molecule has 2 N–H and O–H groups in total. The number of hydrogen-bond donors (Lipinski definition) is 2. The van der Waals surface area contributed by atoms with Crippen LogP contribution < -0.4 is 10.6 Å². The standard InChI is InChI=1S/C21H19N5O4/c27-18-8-6-16(20(29)23-18)26-10-13-9-12(3-4-14(13)21(26)30)19(28)22-17-7-5-15(24-25-17)11-1-2-11/h3-5,7,9,11,16H,1-2,6,8,10H2,(H,22,25,28)(H,23,27,29). The molecule has 1 saturated carbocycles. The Balaban J connectivity index is 1.30. The maximum atomic E-state index is 12.7. The first-order valence-corrected chi connectivity index (χ1v) is 9.92. The Bertz CT molecular complexity index is 1080. The number of imide groups is 1. The first kappa shape index (κ1) is 18.4. The molecule has 1 aromatic heterocycles. The molecule has 3 aliphatic rings. The zero-order valence-electron chi connectivity index (χ0n) is 16.1. The lowest BCUT2D eigenvalue weighted by atomic mass is 10.0. The van der Waals surface area contributed by atoms with E-state index in [1.165, 1.54) is 4.90 Å². The molecular formula is C21H19N5O4. The van der Waals surface area contributed by atoms with Gasteiger partial charge in [-0.05, 0) is 55.2 Å². The van der Waals surface area contributed by atoms with Crippen molar-refractivity contribution in [2.45, 2.75) is 44.2 Å². The second-order valence-corrected chi connectivity index (χ2v) is 7.84. The molecule has 152 valence electrons. The normalized spacial score (nSPS) is 20.7. The van der Waals surface area contributed by atoms with Gasteiger partial charge in [-0.3, -0.25) is 24.5 Å². The van der Waals surface area contributed by atoms with E-state index in [2.05, 4.69) is 20.8 Å². The summed E-state index contributed by atoms with van der Waals surface area (Å²) in [5.41, 5.74) is 2.47. The lowest BCUT2D eigenvalue weighted by Gasteiger charge is -2.29. The first-order valence-electron chi connectivity index (χ1n) is 9.92. The molecule has 2 aliphatic heterocycles. The largest absolute Gasteiger partial charge is 0.322 e. The van der Waals surface area contributed by atoms with Gasteiger partial charge in [0.2, 0.25) is 11.8 Å². The molecule has 4 amide bonds. The maximum absolute atomic E-state index is 12.7. The summed E-state index contributed by atoms with van der Waals surface area (Å²) in [5.74, 6) is -0.549. The summed E-state index contributed by atoms with van der Waals surface area (Å²) >= 11 is 0. The predicted octanol–water partition coefficient (Wildman–Crippen LogP) is 1.37. The number of anilines is 1. The number of nitrogens with zero attached hydrogens (tertiary/aromatic N) is 3. The van der Waals surface area contributed by atoms with E-state index in [-0.39, 0.29) is 30.7 Å². The third-order valence-electron chi connectivity index (χ3n) is 5.71. The van der Waals surface area contributed by atoms with Gasteiger partial charge in [0.1, 0.15) is 6.04 Å². The van der Waals surface area contributed by atoms with E-state index in [4.69, 9.17) is 0 Å². The number of benzene rings is 1. The van der Waals surface area contributed by atoms with Crippen LogP contribution in [-0.2, 0) is 16.1 Å². The summed E-state index contributed by atoms with van der Waals surface area (Å²) in [5, 5.41) is 13.2. The van der Waals surface area contributed by atoms with E-state index in [9.17, 15) is 19.2 Å². The van der Waals surface area contributed by atoms with Crippen LogP contribution in [0.2, 0.25) is 0 Å². The number of carbonyl (C=O) groups is 4. The van der Waals surface area contributed by atoms with Gasteiger partial charge in [-0.2, -0.15) is 5.10 Å². The highest BCUT2D eigenvalue weighted by Crippen LogP contribution is 2.38. The number of amides is 4. The van der Waals surface area contributed by atoms with Crippen LogP contribution >= 0.6 is 0 Å². The van der Waals surface area contributed by atoms with E-state index in [0.717, 1.165) is 18.5 Å². The molecule has 9 heteroatoms. The van der Waals surface area contributed by atoms with Crippen LogP contribution in [0.15, 0.2) is 30.3 Å². The molecule has 2 aromatic rings. The van der Waals surface area contributed by atoms with Crippen molar-refractivity contribution in [2.75, 3.05) is 5.32 Å². The minimum Gasteiger partial charge on any atom is -0.322 e. The van der Waals surface area contributed by atoms with Gasteiger partial charge >= 0.3 is 0 Å². The average molecular weight is 405 g/mol. The number of hydrogen-bond acceptors (Lipinski definition) is 6. The van der Waals surface area contributed by atoms with Crippen molar-refractivity contribution in [3.63, 3.8) is 0 Å². The quantitative estimate of drug-likeness (QED) is 0.741. The SMILES string of the molecule is O=C1CCC(N2Cc3cc(C(=O)Nc4ccc(C5CC5)nn4)ccc3C2=O)C(=O)N1. The fraction of sp³-hybridized carbons (Fsp3) is 0.333. The highest BCUT2D eigenvalue weighted by molar-refractivity contribution is 6.07. The minimum atomic E-state index is -0.680. The fourth-order valence-electron chi connectivity index (χ4n) is 3.91. The second kappa shape index (κ2) is 7.01. The molecule has 1 unspecified atom stereocenters. The van der Waals surface area contributed by atoms with Crippen molar-refractivity contribution >= 4 is 29.4 Å². The molecular weight excluding hydrogens is 386 g/mol. The van der Waals surface area contributed by atoms with Crippen LogP contribution in [0.1, 0.15) is 63.6 Å². The highest BCUT2D eigenvalue weighted by atomic mass is 16.2. The monoisotopic (exact) mass is 405 g/mol. The maximum Gasteiger partial charge on any atom is 0.256 e. The number of rotatable bonds is 4. The predicted molar refractivity (Wildman–Crippen MR) is 104 cm³/mol. The third-order valence-corrected chi connectivity index (χ3v) is 5.71. The number of piperidine rings is 1. The van der Waals surface area contributed by atoms with E-state index in [0.29, 0.717) is 34.8 Å². The van der Waals surface area contributed by atoms with Gasteiger partial charge in [0, 0.05) is 30.0 Å². The molecule has 2 fully saturated rings. The topological polar surface area (TPSA) is 121 Å². The zero-order chi connectivity index (χ0) is 20.8. The van der Waals surface area contributed by atoms with Gasteiger partial charge in [-0.15, -0.1) is 5.10 Å². The van der Waals surface area contributed by atoms with Gasteiger partial charge in [-0.1, -0.05) is 0 Å². The molecule has 0 bridgehead atoms. The Kier molecular flexibility index (Phi) is 4.30. The van der Waals surface area contributed by atoms with Gasteiger partial charge in [0.25, 0.3) is 11.8 Å². The van der Waals surface area contributed by atoms with Crippen molar-refractivity contribution in [2.24, 2.45) is 0 Å². The van der Waals surface area contributed by atoms with Crippen molar-refractivity contribution in [3.8, 4) is 0 Å². The van der Waals surface area contributed by atoms with E-state index >= 15 is 0 Å². The van der Waals surface area contributed by atoms with E-state index in [1.807, 2.05) is 6.07 Å².